The number of nitriles is 3. The van der Waals surface area contributed by atoms with Crippen molar-refractivity contribution < 1.29 is 55.7 Å². The van der Waals surface area contributed by atoms with E-state index in [0.29, 0.717) is 108 Å². The quantitative estimate of drug-likeness (QED) is 0.00871. The van der Waals surface area contributed by atoms with Gasteiger partial charge in [-0.15, -0.1) is 45.3 Å². The minimum atomic E-state index is -1.85. The lowest BCUT2D eigenvalue weighted by molar-refractivity contribution is -0.153. The lowest BCUT2D eigenvalue weighted by Crippen LogP contribution is -2.34. The zero-order valence-corrected chi connectivity index (χ0v) is 75.7. The summed E-state index contributed by atoms with van der Waals surface area (Å²) in [5, 5.41) is 30.7. The Bertz CT molecular complexity index is 4420. The van der Waals surface area contributed by atoms with Crippen LogP contribution in [0.15, 0.2) is 57.8 Å². The molecule has 6 aromatic rings. The minimum Gasteiger partial charge on any atom is -0.486 e. The molecule has 5 aromatic heterocycles. The Morgan fingerprint density at radius 2 is 0.818 bits per heavy atom. The van der Waals surface area contributed by atoms with E-state index in [-0.39, 0.29) is 83.0 Å². The van der Waals surface area contributed by atoms with Crippen LogP contribution >= 0.6 is 57.1 Å². The summed E-state index contributed by atoms with van der Waals surface area (Å²) >= 11 is 6.74. The van der Waals surface area contributed by atoms with Crippen molar-refractivity contribution in [2.45, 2.75) is 347 Å². The summed E-state index contributed by atoms with van der Waals surface area (Å²) in [5.41, 5.74) is 2.25. The summed E-state index contributed by atoms with van der Waals surface area (Å²) in [7, 11) is 0. The van der Waals surface area contributed by atoms with E-state index in [1.54, 1.807) is 12.2 Å². The van der Waals surface area contributed by atoms with E-state index in [1.807, 2.05) is 42.5 Å². The van der Waals surface area contributed by atoms with Gasteiger partial charge in [0.05, 0.1) is 72.8 Å². The molecule has 6 fully saturated rings. The second-order valence-corrected chi connectivity index (χ2v) is 40.4. The molecular formula is C98H124F4N6O8S5. The summed E-state index contributed by atoms with van der Waals surface area (Å²) in [4.78, 5) is 64.7. The Labute approximate surface area is 734 Å². The number of carbonyl (C=O) groups excluding carboxylic acids is 4. The number of Topliss-reactive ketones (excluding diaryl/α,β-unsaturated/α-hetero) is 2. The van der Waals surface area contributed by atoms with Crippen LogP contribution in [0.2, 0.25) is 0 Å². The van der Waals surface area contributed by atoms with Crippen LogP contribution < -0.4 is 9.47 Å². The molecule has 14 atom stereocenters. The number of esters is 2. The van der Waals surface area contributed by atoms with Gasteiger partial charge < -0.3 is 18.9 Å². The maximum absolute atomic E-state index is 15.2. The number of nitrogens with zero attached hydrogens (tertiary/aromatic N) is 6. The Morgan fingerprint density at radius 3 is 1.17 bits per heavy atom. The molecule has 652 valence electrons. The Morgan fingerprint density at radius 1 is 0.471 bits per heavy atom. The van der Waals surface area contributed by atoms with Crippen LogP contribution in [-0.4, -0.2) is 82.4 Å². The first-order valence-corrected chi connectivity index (χ1v) is 50.2. The van der Waals surface area contributed by atoms with Gasteiger partial charge in [-0.3, -0.25) is 19.2 Å². The molecule has 23 heteroatoms. The number of halogens is 4. The van der Waals surface area contributed by atoms with Crippen LogP contribution in [0.3, 0.4) is 0 Å². The van der Waals surface area contributed by atoms with Crippen molar-refractivity contribution in [1.29, 1.82) is 15.8 Å². The highest BCUT2D eigenvalue weighted by Gasteiger charge is 2.52. The number of unbranched alkanes of at least 4 members (excludes halogenated alkanes) is 24. The first kappa shape index (κ1) is 93.0. The zero-order valence-electron chi connectivity index (χ0n) is 71.6. The van der Waals surface area contributed by atoms with Gasteiger partial charge in [-0.05, 0) is 174 Å². The van der Waals surface area contributed by atoms with Crippen LogP contribution in [0, 0.1) is 87.9 Å². The third-order valence-electron chi connectivity index (χ3n) is 26.6. The van der Waals surface area contributed by atoms with Gasteiger partial charge in [0, 0.05) is 61.3 Å². The number of ketones is 2. The summed E-state index contributed by atoms with van der Waals surface area (Å²) in [6, 6.07) is 13.8. The molecule has 6 aliphatic carbocycles. The molecule has 0 amide bonds. The molecule has 6 saturated carbocycles. The molecule has 0 radical (unpaired) electrons. The van der Waals surface area contributed by atoms with Gasteiger partial charge in [0.2, 0.25) is 0 Å². The van der Waals surface area contributed by atoms with E-state index in [4.69, 9.17) is 34.3 Å². The van der Waals surface area contributed by atoms with Crippen LogP contribution in [0.4, 0.5) is 17.6 Å². The van der Waals surface area contributed by atoms with E-state index >= 15 is 17.6 Å². The Balaban J connectivity index is 0.919. The van der Waals surface area contributed by atoms with Crippen molar-refractivity contribution in [3.8, 4) is 50.6 Å². The number of hydrogen-bond donors (Lipinski definition) is 0. The first-order valence-electron chi connectivity index (χ1n) is 46.2. The van der Waals surface area contributed by atoms with E-state index < -0.39 is 84.0 Å². The number of allylic oxidation sites excluding steroid dienone is 6. The molecule has 1 aromatic carbocycles. The van der Waals surface area contributed by atoms with Crippen molar-refractivity contribution in [3.63, 3.8) is 0 Å². The summed E-state index contributed by atoms with van der Waals surface area (Å²) < 4.78 is 103. The van der Waals surface area contributed by atoms with Gasteiger partial charge in [0.25, 0.3) is 5.70 Å². The third-order valence-corrected chi connectivity index (χ3v) is 31.6. The number of carbonyl (C=O) groups is 4. The number of benzene rings is 1. The number of fused-ring (bicyclic) bond motifs is 5. The van der Waals surface area contributed by atoms with Gasteiger partial charge in [-0.1, -0.05) is 207 Å². The first-order chi connectivity index (χ1) is 59.0. The molecule has 14 unspecified atom stereocenters. The summed E-state index contributed by atoms with van der Waals surface area (Å²) in [6.45, 7) is 17.7. The second kappa shape index (κ2) is 46.7. The average molecular weight is 1750 g/mol. The average Bonchev–Trinajstić information content (AvgIpc) is 1.62. The molecule has 0 saturated heterocycles. The normalized spacial score (nSPS) is 24.5. The summed E-state index contributed by atoms with van der Waals surface area (Å²) in [5.74, 6) is -4.28. The lowest BCUT2D eigenvalue weighted by Gasteiger charge is -2.33. The van der Waals surface area contributed by atoms with Crippen molar-refractivity contribution in [2.24, 2.45) is 47.3 Å². The number of aromatic nitrogens is 2. The highest BCUT2D eigenvalue weighted by atomic mass is 32.1. The molecule has 0 N–H and O–H groups in total. The highest BCUT2D eigenvalue weighted by Crippen LogP contribution is 2.58. The fourth-order valence-electron chi connectivity index (χ4n) is 19.8. The summed E-state index contributed by atoms with van der Waals surface area (Å²) in [6.07, 6.45) is 36.2. The van der Waals surface area contributed by atoms with Crippen LogP contribution in [0.25, 0.3) is 67.7 Å². The fraction of sp³-hybridized carbons (Fsp3) is 0.653. The molecule has 5 heterocycles. The van der Waals surface area contributed by atoms with Gasteiger partial charge in [0.15, 0.2) is 23.1 Å². The SMILES string of the molecule is [C-]#[N+]/C(C#N)=C1/C(=C/c2cc3sc(-c4c(OC5CCCC(C(=O)OCC(CCCCCCCC)CCCCCCCCCC)C5)c(OC5CCCC(C(=O)OCC(CCCCCCCC)CCCCCCCCCC)C5)c(-c5cc6sc(/C=C7\C(=O)C8CC(F)C(F)CC8C7=C(C#N)C#N)cc6s5)c5nsnc45)cc3s2)C(=O)C2CC(F)C(F)CC12. The van der Waals surface area contributed by atoms with Crippen molar-refractivity contribution in [3.05, 3.63) is 79.0 Å². The second-order valence-electron chi connectivity index (χ2n) is 35.5. The maximum atomic E-state index is 15.2. The van der Waals surface area contributed by atoms with Gasteiger partial charge in [-0.25, -0.2) is 27.7 Å². The standard InChI is InChI=1S/C98H124F4N6O8S5/c1-6-10-14-18-22-24-28-32-38-61(36-30-26-20-16-12-8-3)59-113-97(111)63-40-34-42-66(44-63)115-95-89(85-54-83-81(119-85)48-68(117-83)46-74-87(65(56-103)57-104)70-50-76(99)78(101)52-72(70)93(74)109)91-92(108-121-107-91)90(86-55-84-82(120-86)49-69(118-84)47-75-88(80(58-105)106-5)71-51-77(100)79(102)53-73(71)94(75)110)96(95)116-67-43-35-41-64(45-67)98(112)114-60-62(37-31-27-21-17-13-9-4)39-33-29-25-23-19-15-11-7-2/h46-49,54-55,61-64,66-67,70-73,76-79H,6-45,50-53,59-60H2,1-4H3/b74-46-,75-47-,88-80+. The number of rotatable bonds is 46. The van der Waals surface area contributed by atoms with Crippen molar-refractivity contribution >= 4 is 123 Å². The number of ether oxygens (including phenoxy) is 4. The molecule has 0 spiro atoms. The van der Waals surface area contributed by atoms with Gasteiger partial charge in [0.1, 0.15) is 53.4 Å². The molecular weight excluding hydrogens is 1630 g/mol. The Kier molecular flexibility index (Phi) is 35.9. The van der Waals surface area contributed by atoms with Crippen molar-refractivity contribution in [2.75, 3.05) is 13.2 Å². The van der Waals surface area contributed by atoms with E-state index in [1.165, 1.54) is 199 Å². The van der Waals surface area contributed by atoms with Gasteiger partial charge in [-0.2, -0.15) is 19.3 Å². The molecule has 14 nitrogen and oxygen atoms in total. The van der Waals surface area contributed by atoms with E-state index in [9.17, 15) is 35.0 Å². The Hall–Kier alpha value is -7.12. The number of thiophene rings is 4. The van der Waals surface area contributed by atoms with Crippen molar-refractivity contribution in [1.82, 2.24) is 8.75 Å². The molecule has 121 heavy (non-hydrogen) atoms. The van der Waals surface area contributed by atoms with E-state index in [0.717, 1.165) is 91.6 Å². The highest BCUT2D eigenvalue weighted by molar-refractivity contribution is 7.30. The molecule has 12 rings (SSSR count). The number of hydrogen-bond acceptors (Lipinski definition) is 18. The predicted molar refractivity (Wildman–Crippen MR) is 482 cm³/mol. The van der Waals surface area contributed by atoms with Gasteiger partial charge >= 0.3 is 11.9 Å². The zero-order chi connectivity index (χ0) is 85.3. The molecule has 0 aliphatic heterocycles. The number of alkyl halides is 4. The maximum Gasteiger partial charge on any atom is 0.309 e. The largest absolute Gasteiger partial charge is 0.486 e. The molecule has 6 aliphatic rings. The predicted octanol–water partition coefficient (Wildman–Crippen LogP) is 28.7. The fourth-order valence-corrected chi connectivity index (χ4v) is 25.2. The monoisotopic (exact) mass is 1750 g/mol. The van der Waals surface area contributed by atoms with Crippen LogP contribution in [-0.2, 0) is 28.7 Å². The smallest absolute Gasteiger partial charge is 0.309 e. The van der Waals surface area contributed by atoms with Crippen LogP contribution in [0.5, 0.6) is 11.5 Å². The van der Waals surface area contributed by atoms with E-state index in [2.05, 4.69) is 32.5 Å². The lowest BCUT2D eigenvalue weighted by atomic mass is 9.77. The third kappa shape index (κ3) is 23.9. The molecule has 0 bridgehead atoms. The minimum absolute atomic E-state index is 0.114. The van der Waals surface area contributed by atoms with Crippen LogP contribution in [0.1, 0.15) is 320 Å². The topological polar surface area (TPSA) is 207 Å².